The van der Waals surface area contributed by atoms with Crippen molar-refractivity contribution in [3.63, 3.8) is 0 Å². The van der Waals surface area contributed by atoms with Crippen molar-refractivity contribution in [3.05, 3.63) is 36.7 Å². The van der Waals surface area contributed by atoms with E-state index < -0.39 is 0 Å². The Hall–Kier alpha value is -1.57. The molecule has 0 saturated heterocycles. The molecule has 0 amide bonds. The second kappa shape index (κ2) is 4.27. The molecule has 2 aromatic rings. The van der Waals surface area contributed by atoms with Crippen LogP contribution in [0.3, 0.4) is 0 Å². The minimum atomic E-state index is 0.393. The van der Waals surface area contributed by atoms with Crippen molar-refractivity contribution in [1.82, 2.24) is 4.98 Å². The van der Waals surface area contributed by atoms with Gasteiger partial charge in [-0.1, -0.05) is 32.4 Å². The van der Waals surface area contributed by atoms with Gasteiger partial charge in [0.1, 0.15) is 0 Å². The number of hydrogen-bond donors (Lipinski definition) is 1. The molecule has 18 heavy (non-hydrogen) atoms. The molecule has 1 aromatic heterocycles. The van der Waals surface area contributed by atoms with Crippen LogP contribution in [0.4, 0.5) is 5.69 Å². The molecule has 1 atom stereocenters. The Balaban J connectivity index is 1.95. The third kappa shape index (κ3) is 1.96. The molecule has 1 aromatic carbocycles. The topological polar surface area (TPSA) is 24.9 Å². The SMILES string of the molecule is CC1(C)CCCC1Nc1cccc2ccncc12. The first-order valence-corrected chi connectivity index (χ1v) is 6.76. The van der Waals surface area contributed by atoms with Gasteiger partial charge in [0, 0.05) is 29.5 Å². The molecule has 1 heterocycles. The zero-order valence-corrected chi connectivity index (χ0v) is 11.1. The highest BCUT2D eigenvalue weighted by atomic mass is 14.9. The minimum absolute atomic E-state index is 0.393. The van der Waals surface area contributed by atoms with E-state index in [0.717, 1.165) is 0 Å². The third-order valence-electron chi connectivity index (χ3n) is 4.27. The van der Waals surface area contributed by atoms with E-state index in [9.17, 15) is 0 Å². The number of pyridine rings is 1. The second-order valence-electron chi connectivity index (χ2n) is 5.98. The second-order valence-corrected chi connectivity index (χ2v) is 5.98. The van der Waals surface area contributed by atoms with Gasteiger partial charge in [0.2, 0.25) is 0 Å². The maximum Gasteiger partial charge on any atom is 0.0437 e. The maximum atomic E-state index is 4.24. The first-order chi connectivity index (χ1) is 8.67. The fraction of sp³-hybridized carbons (Fsp3) is 0.438. The maximum absolute atomic E-state index is 4.24. The van der Waals surface area contributed by atoms with Gasteiger partial charge in [-0.25, -0.2) is 0 Å². The van der Waals surface area contributed by atoms with Gasteiger partial charge in [0.25, 0.3) is 0 Å². The van der Waals surface area contributed by atoms with Crippen molar-refractivity contribution < 1.29 is 0 Å². The first kappa shape index (κ1) is 11.5. The number of rotatable bonds is 2. The molecule has 1 fully saturated rings. The molecule has 1 aliphatic rings. The number of hydrogen-bond acceptors (Lipinski definition) is 2. The zero-order valence-electron chi connectivity index (χ0n) is 11.1. The molecule has 1 unspecified atom stereocenters. The van der Waals surface area contributed by atoms with E-state index in [4.69, 9.17) is 0 Å². The van der Waals surface area contributed by atoms with Gasteiger partial charge in [0.05, 0.1) is 0 Å². The largest absolute Gasteiger partial charge is 0.381 e. The van der Waals surface area contributed by atoms with Crippen LogP contribution in [0.15, 0.2) is 36.7 Å². The number of fused-ring (bicyclic) bond motifs is 1. The summed E-state index contributed by atoms with van der Waals surface area (Å²) in [6, 6.07) is 9.07. The Bertz CT molecular complexity index is 555. The molecule has 1 N–H and O–H groups in total. The van der Waals surface area contributed by atoms with Gasteiger partial charge in [-0.3, -0.25) is 4.98 Å². The average Bonchev–Trinajstić information content (AvgIpc) is 2.69. The smallest absolute Gasteiger partial charge is 0.0437 e. The number of nitrogens with one attached hydrogen (secondary N) is 1. The van der Waals surface area contributed by atoms with Crippen molar-refractivity contribution >= 4 is 16.5 Å². The number of anilines is 1. The molecular weight excluding hydrogens is 220 g/mol. The lowest BCUT2D eigenvalue weighted by atomic mass is 9.87. The third-order valence-corrected chi connectivity index (χ3v) is 4.27. The van der Waals surface area contributed by atoms with Gasteiger partial charge < -0.3 is 5.32 Å². The van der Waals surface area contributed by atoms with Crippen LogP contribution in [-0.4, -0.2) is 11.0 Å². The predicted octanol–water partition coefficient (Wildman–Crippen LogP) is 4.23. The van der Waals surface area contributed by atoms with Gasteiger partial charge in [-0.05, 0) is 35.8 Å². The van der Waals surface area contributed by atoms with Gasteiger partial charge in [-0.2, -0.15) is 0 Å². The van der Waals surface area contributed by atoms with Crippen LogP contribution in [0.1, 0.15) is 33.1 Å². The summed E-state index contributed by atoms with van der Waals surface area (Å²) >= 11 is 0. The number of benzene rings is 1. The van der Waals surface area contributed by atoms with Crippen molar-refractivity contribution in [2.24, 2.45) is 5.41 Å². The summed E-state index contributed by atoms with van der Waals surface area (Å²) in [7, 11) is 0. The van der Waals surface area contributed by atoms with E-state index in [1.807, 2.05) is 12.4 Å². The highest BCUT2D eigenvalue weighted by Crippen LogP contribution is 2.39. The average molecular weight is 240 g/mol. The molecular formula is C16H20N2. The van der Waals surface area contributed by atoms with Crippen LogP contribution in [0.2, 0.25) is 0 Å². The summed E-state index contributed by atoms with van der Waals surface area (Å²) in [5.74, 6) is 0. The summed E-state index contributed by atoms with van der Waals surface area (Å²) in [6.07, 6.45) is 7.72. The molecule has 1 aliphatic carbocycles. The Morgan fingerprint density at radius 1 is 1.28 bits per heavy atom. The Morgan fingerprint density at radius 2 is 2.17 bits per heavy atom. The van der Waals surface area contributed by atoms with Crippen LogP contribution < -0.4 is 5.32 Å². The fourth-order valence-corrected chi connectivity index (χ4v) is 3.02. The van der Waals surface area contributed by atoms with Gasteiger partial charge in [-0.15, -0.1) is 0 Å². The molecule has 2 nitrogen and oxygen atoms in total. The quantitative estimate of drug-likeness (QED) is 0.850. The molecule has 94 valence electrons. The van der Waals surface area contributed by atoms with E-state index in [1.54, 1.807) is 0 Å². The molecule has 0 radical (unpaired) electrons. The first-order valence-electron chi connectivity index (χ1n) is 6.76. The highest BCUT2D eigenvalue weighted by Gasteiger charge is 2.34. The van der Waals surface area contributed by atoms with Crippen LogP contribution in [0.5, 0.6) is 0 Å². The Kier molecular flexibility index (Phi) is 2.73. The minimum Gasteiger partial charge on any atom is -0.381 e. The summed E-state index contributed by atoms with van der Waals surface area (Å²) in [5, 5.41) is 6.21. The lowest BCUT2D eigenvalue weighted by Gasteiger charge is -2.29. The lowest BCUT2D eigenvalue weighted by molar-refractivity contribution is 0.350. The van der Waals surface area contributed by atoms with E-state index >= 15 is 0 Å². The molecule has 2 heteroatoms. The molecule has 3 rings (SSSR count). The molecule has 0 bridgehead atoms. The normalized spacial score (nSPS) is 22.2. The summed E-state index contributed by atoms with van der Waals surface area (Å²) in [5.41, 5.74) is 1.62. The fourth-order valence-electron chi connectivity index (χ4n) is 3.02. The van der Waals surface area contributed by atoms with E-state index in [1.165, 1.54) is 35.7 Å². The standard InChI is InChI=1S/C16H20N2/c1-16(2)9-4-7-15(16)18-14-6-3-5-12-8-10-17-11-13(12)14/h3,5-6,8,10-11,15,18H,4,7,9H2,1-2H3. The monoisotopic (exact) mass is 240 g/mol. The van der Waals surface area contributed by atoms with Crippen LogP contribution in [0.25, 0.3) is 10.8 Å². The van der Waals surface area contributed by atoms with Gasteiger partial charge >= 0.3 is 0 Å². The van der Waals surface area contributed by atoms with E-state index in [0.29, 0.717) is 11.5 Å². The number of nitrogens with zero attached hydrogens (tertiary/aromatic N) is 1. The Morgan fingerprint density at radius 3 is 2.94 bits per heavy atom. The van der Waals surface area contributed by atoms with Crippen molar-refractivity contribution in [3.8, 4) is 0 Å². The molecule has 1 saturated carbocycles. The van der Waals surface area contributed by atoms with Crippen molar-refractivity contribution in [1.29, 1.82) is 0 Å². The Labute approximate surface area is 108 Å². The van der Waals surface area contributed by atoms with E-state index in [2.05, 4.69) is 48.4 Å². The van der Waals surface area contributed by atoms with E-state index in [-0.39, 0.29) is 0 Å². The number of aromatic nitrogens is 1. The summed E-state index contributed by atoms with van der Waals surface area (Å²) in [4.78, 5) is 4.24. The zero-order chi connectivity index (χ0) is 12.6. The van der Waals surface area contributed by atoms with Crippen LogP contribution >= 0.6 is 0 Å². The molecule has 0 aliphatic heterocycles. The lowest BCUT2D eigenvalue weighted by Crippen LogP contribution is -2.30. The summed E-state index contributed by atoms with van der Waals surface area (Å²) < 4.78 is 0. The summed E-state index contributed by atoms with van der Waals surface area (Å²) in [6.45, 7) is 4.72. The van der Waals surface area contributed by atoms with Crippen molar-refractivity contribution in [2.75, 3.05) is 5.32 Å². The van der Waals surface area contributed by atoms with Crippen molar-refractivity contribution in [2.45, 2.75) is 39.2 Å². The highest BCUT2D eigenvalue weighted by molar-refractivity contribution is 5.93. The van der Waals surface area contributed by atoms with Crippen LogP contribution in [0, 0.1) is 5.41 Å². The molecule has 0 spiro atoms. The van der Waals surface area contributed by atoms with Crippen LogP contribution in [-0.2, 0) is 0 Å². The van der Waals surface area contributed by atoms with Gasteiger partial charge in [0.15, 0.2) is 0 Å². The predicted molar refractivity (Wildman–Crippen MR) is 76.8 cm³/mol.